The maximum atomic E-state index is 6.82. The molecule has 63 heavy (non-hydrogen) atoms. The molecule has 13 rings (SSSR count). The quantitative estimate of drug-likeness (QED) is 0.0943. The van der Waals surface area contributed by atoms with Crippen molar-refractivity contribution < 1.29 is 4.65 Å². The molecular formula is C60H42BNO. The second-order valence-corrected chi connectivity index (χ2v) is 17.9. The van der Waals surface area contributed by atoms with Crippen LogP contribution < -0.4 is 15.0 Å². The molecule has 296 valence electrons. The number of rotatable bonds is 6. The lowest BCUT2D eigenvalue weighted by Crippen LogP contribution is -2.35. The molecule has 11 aromatic rings. The summed E-state index contributed by atoms with van der Waals surface area (Å²) in [4.78, 5) is 2.58. The van der Waals surface area contributed by atoms with Crippen molar-refractivity contribution in [1.82, 2.24) is 0 Å². The molecule has 0 radical (unpaired) electrons. The lowest BCUT2D eigenvalue weighted by molar-refractivity contribution is 0.601. The standard InChI is InChI=1S/C60H42BNO/c1-60(2)52-27-10-9-22-45(52)49-35-50(44-23-14-28-56-51(44)37-61(63-56)42-20-7-4-8-21-42)55(36-53(49)60)62(43-32-29-39(30-33-43)38-15-5-3-6-16-38)54-34-31-41-19-12-25-47-46-24-11-17-40-18-13-26-48(57(40)46)59(54)58(41)47/h3-36H,37H2,1-2H3. The largest absolute Gasteiger partial charge is 0.555 e. The smallest absolute Gasteiger partial charge is 0.396 e. The molecule has 0 fully saturated rings. The molecule has 3 heteroatoms. The second-order valence-electron chi connectivity index (χ2n) is 17.9. The van der Waals surface area contributed by atoms with E-state index in [1.165, 1.54) is 98.6 Å². The summed E-state index contributed by atoms with van der Waals surface area (Å²) in [6.45, 7) is 4.73. The van der Waals surface area contributed by atoms with Gasteiger partial charge in [-0.1, -0.05) is 184 Å². The Hall–Kier alpha value is -7.62. The summed E-state index contributed by atoms with van der Waals surface area (Å²) in [6, 6.07) is 76.4. The van der Waals surface area contributed by atoms with Crippen LogP contribution in [0.1, 0.15) is 30.5 Å². The Morgan fingerprint density at radius 2 is 1.08 bits per heavy atom. The van der Waals surface area contributed by atoms with E-state index >= 15 is 0 Å². The first-order chi connectivity index (χ1) is 31.0. The van der Waals surface area contributed by atoms with Gasteiger partial charge in [-0.2, -0.15) is 0 Å². The van der Waals surface area contributed by atoms with Crippen LogP contribution in [-0.4, -0.2) is 6.92 Å². The zero-order valence-corrected chi connectivity index (χ0v) is 35.3. The molecule has 2 aliphatic rings. The molecule has 0 saturated heterocycles. The summed E-state index contributed by atoms with van der Waals surface area (Å²) in [5, 5.41) is 10.2. The van der Waals surface area contributed by atoms with E-state index < -0.39 is 0 Å². The van der Waals surface area contributed by atoms with Gasteiger partial charge >= 0.3 is 6.92 Å². The fourth-order valence-electron chi connectivity index (χ4n) is 11.2. The molecule has 0 amide bonds. The summed E-state index contributed by atoms with van der Waals surface area (Å²) in [7, 11) is 0. The van der Waals surface area contributed by atoms with Crippen LogP contribution in [0.25, 0.3) is 76.5 Å². The van der Waals surface area contributed by atoms with Crippen molar-refractivity contribution in [1.29, 1.82) is 0 Å². The first kappa shape index (κ1) is 36.1. The summed E-state index contributed by atoms with van der Waals surface area (Å²) in [5.41, 5.74) is 15.7. The van der Waals surface area contributed by atoms with Gasteiger partial charge in [-0.15, -0.1) is 0 Å². The van der Waals surface area contributed by atoms with Crippen molar-refractivity contribution in [2.45, 2.75) is 25.6 Å². The lowest BCUT2D eigenvalue weighted by Gasteiger charge is -2.32. The third-order valence-electron chi connectivity index (χ3n) is 14.2. The van der Waals surface area contributed by atoms with Gasteiger partial charge in [-0.25, -0.2) is 0 Å². The van der Waals surface area contributed by atoms with E-state index in [1.54, 1.807) is 0 Å². The third-order valence-corrected chi connectivity index (χ3v) is 14.2. The zero-order chi connectivity index (χ0) is 41.8. The summed E-state index contributed by atoms with van der Waals surface area (Å²) in [5.74, 6) is 0.959. The van der Waals surface area contributed by atoms with Gasteiger partial charge in [0.05, 0.1) is 11.4 Å². The van der Waals surface area contributed by atoms with Crippen molar-refractivity contribution >= 4 is 72.5 Å². The average molecular weight is 804 g/mol. The normalized spacial score (nSPS) is 13.7. The van der Waals surface area contributed by atoms with E-state index in [2.05, 4.69) is 225 Å². The van der Waals surface area contributed by atoms with E-state index in [9.17, 15) is 0 Å². The van der Waals surface area contributed by atoms with Gasteiger partial charge in [0.15, 0.2) is 0 Å². The number of nitrogens with zero attached hydrogens (tertiary/aromatic N) is 1. The van der Waals surface area contributed by atoms with Crippen molar-refractivity contribution in [2.24, 2.45) is 0 Å². The maximum Gasteiger partial charge on any atom is 0.396 e. The molecule has 1 aliphatic heterocycles. The van der Waals surface area contributed by atoms with Crippen LogP contribution in [0.15, 0.2) is 206 Å². The summed E-state index contributed by atoms with van der Waals surface area (Å²) >= 11 is 0. The molecule has 1 aliphatic carbocycles. The molecule has 0 aromatic heterocycles. The number of hydrogen-bond donors (Lipinski definition) is 0. The summed E-state index contributed by atoms with van der Waals surface area (Å²) < 4.78 is 6.82. The van der Waals surface area contributed by atoms with E-state index in [0.29, 0.717) is 0 Å². The van der Waals surface area contributed by atoms with Gasteiger partial charge in [0, 0.05) is 22.1 Å². The van der Waals surface area contributed by atoms with Crippen molar-refractivity contribution in [3.63, 3.8) is 0 Å². The zero-order valence-electron chi connectivity index (χ0n) is 35.3. The maximum absolute atomic E-state index is 6.82. The van der Waals surface area contributed by atoms with Crippen molar-refractivity contribution in [2.75, 3.05) is 4.90 Å². The topological polar surface area (TPSA) is 12.5 Å². The van der Waals surface area contributed by atoms with Gasteiger partial charge in [-0.3, -0.25) is 0 Å². The van der Waals surface area contributed by atoms with E-state index in [0.717, 1.165) is 29.1 Å². The minimum absolute atomic E-state index is 0.0505. The molecule has 0 spiro atoms. The molecule has 0 atom stereocenters. The monoisotopic (exact) mass is 803 g/mol. The molecule has 0 saturated carbocycles. The fraction of sp³-hybridized carbons (Fsp3) is 0.0667. The molecule has 11 aromatic carbocycles. The minimum atomic E-state index is -0.211. The van der Waals surface area contributed by atoms with Crippen molar-refractivity contribution in [3.05, 3.63) is 223 Å². The van der Waals surface area contributed by atoms with Crippen LogP contribution in [0.4, 0.5) is 17.1 Å². The Morgan fingerprint density at radius 3 is 1.86 bits per heavy atom. The Labute approximate surface area is 368 Å². The van der Waals surface area contributed by atoms with Gasteiger partial charge in [0.1, 0.15) is 5.75 Å². The predicted octanol–water partition coefficient (Wildman–Crippen LogP) is 15.2. The van der Waals surface area contributed by atoms with Crippen LogP contribution >= 0.6 is 0 Å². The molecular weight excluding hydrogens is 761 g/mol. The van der Waals surface area contributed by atoms with Crippen LogP contribution in [0.2, 0.25) is 0 Å². The van der Waals surface area contributed by atoms with Gasteiger partial charge in [-0.05, 0) is 130 Å². The van der Waals surface area contributed by atoms with Crippen LogP contribution in [-0.2, 0) is 11.7 Å². The Bertz CT molecular complexity index is 3590. The predicted molar refractivity (Wildman–Crippen MR) is 267 cm³/mol. The van der Waals surface area contributed by atoms with E-state index in [-0.39, 0.29) is 12.3 Å². The SMILES string of the molecule is CC1(C)c2ccccc2-c2cc(-c3cccc4c3CB(c3ccccc3)O4)c(N(c3ccc(-c4ccccc4)cc3)c3ccc4cccc5c6cccc7cccc(c3c45)c76)cc21. The number of fused-ring (bicyclic) bond motifs is 6. The first-order valence-electron chi connectivity index (χ1n) is 22.2. The Morgan fingerprint density at radius 1 is 0.444 bits per heavy atom. The van der Waals surface area contributed by atoms with Crippen LogP contribution in [0, 0.1) is 0 Å². The van der Waals surface area contributed by atoms with Gasteiger partial charge < -0.3 is 9.55 Å². The van der Waals surface area contributed by atoms with Gasteiger partial charge in [0.2, 0.25) is 0 Å². The highest BCUT2D eigenvalue weighted by atomic mass is 16.4. The number of benzene rings is 11. The Balaban J connectivity index is 1.14. The molecule has 0 N–H and O–H groups in total. The van der Waals surface area contributed by atoms with E-state index in [4.69, 9.17) is 4.65 Å². The lowest BCUT2D eigenvalue weighted by atomic mass is 9.58. The number of hydrogen-bond acceptors (Lipinski definition) is 2. The molecule has 0 unspecified atom stereocenters. The first-order valence-corrected chi connectivity index (χ1v) is 22.2. The van der Waals surface area contributed by atoms with Crippen LogP contribution in [0.5, 0.6) is 5.75 Å². The third kappa shape index (κ3) is 5.39. The van der Waals surface area contributed by atoms with Crippen molar-refractivity contribution in [3.8, 4) is 39.1 Å². The Kier molecular flexibility index (Phi) is 7.84. The highest BCUT2D eigenvalue weighted by Crippen LogP contribution is 2.56. The highest BCUT2D eigenvalue weighted by Gasteiger charge is 2.39. The molecule has 2 nitrogen and oxygen atoms in total. The fourth-order valence-corrected chi connectivity index (χ4v) is 11.2. The van der Waals surface area contributed by atoms with Crippen LogP contribution in [0.3, 0.4) is 0 Å². The minimum Gasteiger partial charge on any atom is -0.555 e. The summed E-state index contributed by atoms with van der Waals surface area (Å²) in [6.07, 6.45) is 0.795. The van der Waals surface area contributed by atoms with Gasteiger partial charge in [0.25, 0.3) is 0 Å². The number of anilines is 3. The highest BCUT2D eigenvalue weighted by molar-refractivity contribution is 6.68. The average Bonchev–Trinajstić information content (AvgIpc) is 3.88. The van der Waals surface area contributed by atoms with E-state index in [1.807, 2.05) is 0 Å². The second kappa shape index (κ2) is 13.7. The molecule has 0 bridgehead atoms. The molecule has 1 heterocycles.